The normalized spacial score (nSPS) is 10.5. The van der Waals surface area contributed by atoms with Crippen LogP contribution < -0.4 is 5.43 Å². The van der Waals surface area contributed by atoms with Gasteiger partial charge in [0.2, 0.25) is 0 Å². The minimum atomic E-state index is 0.171. The fraction of sp³-hybridized carbons (Fsp3) is 0.111. The van der Waals surface area contributed by atoms with Crippen molar-refractivity contribution in [2.75, 3.05) is 6.26 Å². The molecule has 0 aliphatic rings. The molecule has 0 amide bonds. The molecule has 0 aromatic heterocycles. The number of phenols is 1. The lowest BCUT2D eigenvalue weighted by Gasteiger charge is -2.00. The van der Waals surface area contributed by atoms with Crippen LogP contribution in [0.4, 0.5) is 0 Å². The summed E-state index contributed by atoms with van der Waals surface area (Å²) in [6, 6.07) is 5.19. The number of hydrogen-bond donors (Lipinski definition) is 2. The molecule has 80 valence electrons. The lowest BCUT2D eigenvalue weighted by atomic mass is 10.2. The highest BCUT2D eigenvalue weighted by molar-refractivity contribution is 9.10. The molecule has 0 bridgehead atoms. The van der Waals surface area contributed by atoms with Crippen molar-refractivity contribution in [2.24, 2.45) is 5.10 Å². The van der Waals surface area contributed by atoms with Crippen LogP contribution in [0, 0.1) is 0 Å². The molecule has 0 radical (unpaired) electrons. The average Bonchev–Trinajstić information content (AvgIpc) is 2.21. The summed E-state index contributed by atoms with van der Waals surface area (Å²) in [5.41, 5.74) is 3.30. The van der Waals surface area contributed by atoms with E-state index in [0.717, 1.165) is 4.47 Å². The first-order valence-corrected chi connectivity index (χ1v) is 6.41. The maximum Gasteiger partial charge on any atom is 0.153 e. The van der Waals surface area contributed by atoms with Gasteiger partial charge in [0, 0.05) is 10.0 Å². The Morgan fingerprint density at radius 2 is 2.40 bits per heavy atom. The summed E-state index contributed by atoms with van der Waals surface area (Å²) in [5.74, 6) is 0.171. The van der Waals surface area contributed by atoms with Crippen LogP contribution in [0.5, 0.6) is 5.75 Å². The second-order valence-corrected chi connectivity index (χ2v) is 4.96. The van der Waals surface area contributed by atoms with Crippen molar-refractivity contribution < 1.29 is 5.11 Å². The van der Waals surface area contributed by atoms with Crippen molar-refractivity contribution in [1.82, 2.24) is 5.43 Å². The van der Waals surface area contributed by atoms with Gasteiger partial charge >= 0.3 is 0 Å². The Hall–Kier alpha value is -0.590. The molecule has 1 aromatic carbocycles. The molecule has 15 heavy (non-hydrogen) atoms. The first kappa shape index (κ1) is 12.5. The van der Waals surface area contributed by atoms with Crippen LogP contribution in [-0.2, 0) is 0 Å². The Bertz CT molecular complexity index is 396. The second kappa shape index (κ2) is 6.09. The molecule has 6 heteroatoms. The highest BCUT2D eigenvalue weighted by atomic mass is 79.9. The first-order chi connectivity index (χ1) is 7.13. The minimum Gasteiger partial charge on any atom is -0.507 e. The largest absolute Gasteiger partial charge is 0.507 e. The standard InChI is InChI=1S/C9H9BrN2OS2/c1-15-9(14)12-11-5-6-2-3-7(10)4-8(6)13/h2-5,13H,1H3,(H,12,14)/b11-5+. The molecule has 0 fully saturated rings. The zero-order valence-corrected chi connectivity index (χ0v) is 11.1. The van der Waals surface area contributed by atoms with Gasteiger partial charge in [0.15, 0.2) is 4.32 Å². The summed E-state index contributed by atoms with van der Waals surface area (Å²) >= 11 is 9.55. The van der Waals surface area contributed by atoms with Crippen molar-refractivity contribution in [3.8, 4) is 5.75 Å². The Kier molecular flexibility index (Phi) is 5.07. The van der Waals surface area contributed by atoms with Gasteiger partial charge in [0.1, 0.15) is 5.75 Å². The number of nitrogens with one attached hydrogen (secondary N) is 1. The molecule has 0 spiro atoms. The molecule has 0 unspecified atom stereocenters. The number of rotatable bonds is 2. The predicted octanol–water partition coefficient (Wildman–Crippen LogP) is 2.73. The van der Waals surface area contributed by atoms with Crippen LogP contribution in [0.2, 0.25) is 0 Å². The number of thiocarbonyl (C=S) groups is 1. The smallest absolute Gasteiger partial charge is 0.153 e. The van der Waals surface area contributed by atoms with Gasteiger partial charge in [-0.2, -0.15) is 5.10 Å². The number of benzene rings is 1. The van der Waals surface area contributed by atoms with Gasteiger partial charge in [-0.3, -0.25) is 5.43 Å². The van der Waals surface area contributed by atoms with Crippen LogP contribution >= 0.6 is 39.9 Å². The summed E-state index contributed by atoms with van der Waals surface area (Å²) in [6.45, 7) is 0. The number of phenolic OH excluding ortho intramolecular Hbond substituents is 1. The lowest BCUT2D eigenvalue weighted by molar-refractivity contribution is 0.474. The number of aromatic hydroxyl groups is 1. The highest BCUT2D eigenvalue weighted by Crippen LogP contribution is 2.20. The Labute approximate surface area is 106 Å². The third kappa shape index (κ3) is 4.19. The quantitative estimate of drug-likeness (QED) is 0.501. The van der Waals surface area contributed by atoms with Gasteiger partial charge in [0.05, 0.1) is 6.21 Å². The fourth-order valence-electron chi connectivity index (χ4n) is 0.826. The number of hydrogen-bond acceptors (Lipinski definition) is 4. The predicted molar refractivity (Wildman–Crippen MR) is 72.6 cm³/mol. The van der Waals surface area contributed by atoms with E-state index >= 15 is 0 Å². The molecular weight excluding hydrogens is 296 g/mol. The highest BCUT2D eigenvalue weighted by Gasteiger charge is 1.98. The van der Waals surface area contributed by atoms with Gasteiger partial charge in [-0.05, 0) is 24.5 Å². The van der Waals surface area contributed by atoms with Crippen molar-refractivity contribution in [3.05, 3.63) is 28.2 Å². The summed E-state index contributed by atoms with van der Waals surface area (Å²) in [7, 11) is 0. The summed E-state index contributed by atoms with van der Waals surface area (Å²) in [5, 5.41) is 13.4. The molecule has 0 saturated carbocycles. The molecule has 3 nitrogen and oxygen atoms in total. The molecule has 0 aliphatic heterocycles. The Morgan fingerprint density at radius 1 is 1.67 bits per heavy atom. The zero-order valence-electron chi connectivity index (χ0n) is 7.90. The summed E-state index contributed by atoms with van der Waals surface area (Å²) in [6.07, 6.45) is 3.38. The van der Waals surface area contributed by atoms with E-state index in [1.54, 1.807) is 12.1 Å². The summed E-state index contributed by atoms with van der Waals surface area (Å²) in [4.78, 5) is 0. The SMILES string of the molecule is CSC(=S)N/N=C/c1ccc(Br)cc1O. The van der Waals surface area contributed by atoms with Crippen LogP contribution in [0.3, 0.4) is 0 Å². The monoisotopic (exact) mass is 304 g/mol. The number of nitrogens with zero attached hydrogens (tertiary/aromatic N) is 1. The molecule has 1 rings (SSSR count). The van der Waals surface area contributed by atoms with E-state index in [-0.39, 0.29) is 5.75 Å². The van der Waals surface area contributed by atoms with Gasteiger partial charge < -0.3 is 5.11 Å². The van der Waals surface area contributed by atoms with Gasteiger partial charge in [0.25, 0.3) is 0 Å². The molecule has 0 heterocycles. The van der Waals surface area contributed by atoms with Gasteiger partial charge in [-0.25, -0.2) is 0 Å². The Balaban J connectivity index is 2.68. The fourth-order valence-corrected chi connectivity index (χ4v) is 1.37. The maximum atomic E-state index is 9.53. The van der Waals surface area contributed by atoms with E-state index in [4.69, 9.17) is 12.2 Å². The number of hydrazone groups is 1. The van der Waals surface area contributed by atoms with E-state index in [2.05, 4.69) is 26.5 Å². The molecular formula is C9H9BrN2OS2. The molecule has 0 atom stereocenters. The van der Waals surface area contributed by atoms with E-state index in [1.165, 1.54) is 18.0 Å². The van der Waals surface area contributed by atoms with Crippen molar-refractivity contribution >= 4 is 50.4 Å². The minimum absolute atomic E-state index is 0.171. The van der Waals surface area contributed by atoms with Crippen LogP contribution in [0.25, 0.3) is 0 Å². The van der Waals surface area contributed by atoms with Gasteiger partial charge in [-0.15, -0.1) is 0 Å². The molecule has 2 N–H and O–H groups in total. The third-order valence-electron chi connectivity index (χ3n) is 1.54. The van der Waals surface area contributed by atoms with E-state index in [9.17, 15) is 5.11 Å². The van der Waals surface area contributed by atoms with E-state index in [1.807, 2.05) is 12.3 Å². The van der Waals surface area contributed by atoms with Crippen LogP contribution in [0.15, 0.2) is 27.8 Å². The lowest BCUT2D eigenvalue weighted by Crippen LogP contribution is -2.10. The van der Waals surface area contributed by atoms with Crippen molar-refractivity contribution in [3.63, 3.8) is 0 Å². The van der Waals surface area contributed by atoms with Crippen molar-refractivity contribution in [2.45, 2.75) is 0 Å². The third-order valence-corrected chi connectivity index (χ3v) is 3.08. The maximum absolute atomic E-state index is 9.53. The molecule has 0 aliphatic carbocycles. The van der Waals surface area contributed by atoms with E-state index < -0.39 is 0 Å². The van der Waals surface area contributed by atoms with Crippen LogP contribution in [0.1, 0.15) is 5.56 Å². The van der Waals surface area contributed by atoms with Crippen LogP contribution in [-0.4, -0.2) is 21.9 Å². The second-order valence-electron chi connectivity index (χ2n) is 2.56. The summed E-state index contributed by atoms with van der Waals surface area (Å²) < 4.78 is 1.41. The van der Waals surface area contributed by atoms with Crippen molar-refractivity contribution in [1.29, 1.82) is 0 Å². The zero-order chi connectivity index (χ0) is 11.3. The van der Waals surface area contributed by atoms with Gasteiger partial charge in [-0.1, -0.05) is 39.9 Å². The number of halogens is 1. The molecule has 0 saturated heterocycles. The molecule has 1 aromatic rings. The Morgan fingerprint density at radius 3 is 3.00 bits per heavy atom. The topological polar surface area (TPSA) is 44.6 Å². The first-order valence-electron chi connectivity index (χ1n) is 3.99. The van der Waals surface area contributed by atoms with E-state index in [0.29, 0.717) is 9.88 Å². The number of thioether (sulfide) groups is 1. The average molecular weight is 305 g/mol.